The molecule has 1 aliphatic rings. The van der Waals surface area contributed by atoms with Gasteiger partial charge in [0.05, 0.1) is 6.54 Å². The van der Waals surface area contributed by atoms with Gasteiger partial charge in [0.2, 0.25) is 0 Å². The first-order chi connectivity index (χ1) is 9.42. The molecule has 5 nitrogen and oxygen atoms in total. The molecule has 0 radical (unpaired) electrons. The minimum Gasteiger partial charge on any atom is -0.385 e. The van der Waals surface area contributed by atoms with Crippen LogP contribution in [0.25, 0.3) is 10.9 Å². The highest BCUT2D eigenvalue weighted by atomic mass is 15.2. The summed E-state index contributed by atoms with van der Waals surface area (Å²) in [7, 11) is 0. The Balaban J connectivity index is 1.41. The fourth-order valence-electron chi connectivity index (χ4n) is 2.21. The van der Waals surface area contributed by atoms with Crippen LogP contribution in [-0.4, -0.2) is 37.1 Å². The Morgan fingerprint density at radius 3 is 3.00 bits per heavy atom. The normalized spacial score (nSPS) is 14.2. The van der Waals surface area contributed by atoms with Gasteiger partial charge in [-0.15, -0.1) is 0 Å². The second kappa shape index (κ2) is 5.65. The molecule has 0 spiro atoms. The summed E-state index contributed by atoms with van der Waals surface area (Å²) in [5.41, 5.74) is 2.35. The standard InChI is InChI=1S/C14H19N5/c1(6-17-14-18-8-9-19-14)5-15-12-2-3-13-11(10-12)4-7-16-13/h2-4,7,10,15-16H,1,5-6,8-9H2,(H2,17,18,19). The molecule has 0 atom stereocenters. The maximum atomic E-state index is 4.29. The Hall–Kier alpha value is -2.17. The lowest BCUT2D eigenvalue weighted by Gasteiger charge is -2.08. The third kappa shape index (κ3) is 2.99. The Bertz CT molecular complexity index is 572. The summed E-state index contributed by atoms with van der Waals surface area (Å²) in [6.07, 6.45) is 3.03. The van der Waals surface area contributed by atoms with Crippen molar-refractivity contribution < 1.29 is 0 Å². The summed E-state index contributed by atoms with van der Waals surface area (Å²) in [5, 5.41) is 11.2. The Kier molecular flexibility index (Phi) is 3.54. The number of nitrogens with zero attached hydrogens (tertiary/aromatic N) is 1. The molecule has 100 valence electrons. The van der Waals surface area contributed by atoms with Crippen molar-refractivity contribution in [3.63, 3.8) is 0 Å². The highest BCUT2D eigenvalue weighted by molar-refractivity contribution is 5.83. The van der Waals surface area contributed by atoms with Crippen LogP contribution >= 0.6 is 0 Å². The number of aromatic nitrogens is 1. The van der Waals surface area contributed by atoms with Crippen LogP contribution in [-0.2, 0) is 0 Å². The fraction of sp³-hybridized carbons (Fsp3) is 0.357. The van der Waals surface area contributed by atoms with E-state index in [0.717, 1.165) is 38.6 Å². The second-order valence-corrected chi connectivity index (χ2v) is 4.64. The zero-order valence-electron chi connectivity index (χ0n) is 10.9. The van der Waals surface area contributed by atoms with E-state index in [1.807, 2.05) is 6.20 Å². The summed E-state index contributed by atoms with van der Waals surface area (Å²) in [5.74, 6) is 0.939. The number of H-pyrrole nitrogens is 1. The number of aromatic amines is 1. The molecule has 0 aliphatic carbocycles. The van der Waals surface area contributed by atoms with Crippen molar-refractivity contribution in [2.24, 2.45) is 4.99 Å². The van der Waals surface area contributed by atoms with E-state index in [2.05, 4.69) is 50.2 Å². The molecule has 4 N–H and O–H groups in total. The van der Waals surface area contributed by atoms with Crippen LogP contribution in [0.3, 0.4) is 0 Å². The van der Waals surface area contributed by atoms with Crippen molar-refractivity contribution in [3.05, 3.63) is 30.5 Å². The maximum Gasteiger partial charge on any atom is 0.191 e. The highest BCUT2D eigenvalue weighted by Crippen LogP contribution is 2.17. The Labute approximate surface area is 112 Å². The van der Waals surface area contributed by atoms with Gasteiger partial charge < -0.3 is 20.9 Å². The van der Waals surface area contributed by atoms with Crippen molar-refractivity contribution >= 4 is 22.5 Å². The molecule has 3 rings (SSSR count). The van der Waals surface area contributed by atoms with Crippen molar-refractivity contribution in [3.8, 4) is 0 Å². The van der Waals surface area contributed by atoms with Crippen LogP contribution in [0.5, 0.6) is 0 Å². The van der Waals surface area contributed by atoms with E-state index in [4.69, 9.17) is 0 Å². The van der Waals surface area contributed by atoms with E-state index in [9.17, 15) is 0 Å². The van der Waals surface area contributed by atoms with E-state index in [-0.39, 0.29) is 0 Å². The van der Waals surface area contributed by atoms with Gasteiger partial charge >= 0.3 is 0 Å². The lowest BCUT2D eigenvalue weighted by Crippen LogP contribution is -2.34. The third-order valence-corrected chi connectivity index (χ3v) is 3.20. The van der Waals surface area contributed by atoms with Crippen molar-refractivity contribution in [2.45, 2.75) is 6.42 Å². The SMILES string of the molecule is c1cc2cc(NCCCNC3=NCCN3)ccc2[nH]1. The van der Waals surface area contributed by atoms with E-state index >= 15 is 0 Å². The molecule has 0 bridgehead atoms. The molecule has 0 unspecified atom stereocenters. The number of anilines is 1. The van der Waals surface area contributed by atoms with Crippen LogP contribution in [0.4, 0.5) is 5.69 Å². The molecule has 5 heteroatoms. The van der Waals surface area contributed by atoms with Crippen LogP contribution in [0.15, 0.2) is 35.5 Å². The van der Waals surface area contributed by atoms with E-state index in [1.165, 1.54) is 16.6 Å². The van der Waals surface area contributed by atoms with Gasteiger partial charge in [0.1, 0.15) is 0 Å². The topological polar surface area (TPSA) is 64.2 Å². The minimum absolute atomic E-state index is 0.886. The lowest BCUT2D eigenvalue weighted by atomic mass is 10.2. The molecule has 1 aromatic carbocycles. The van der Waals surface area contributed by atoms with Gasteiger partial charge in [-0.2, -0.15) is 0 Å². The third-order valence-electron chi connectivity index (χ3n) is 3.20. The van der Waals surface area contributed by atoms with E-state index in [0.29, 0.717) is 0 Å². The van der Waals surface area contributed by atoms with Gasteiger partial charge in [-0.1, -0.05) is 0 Å². The average Bonchev–Trinajstić information content (AvgIpc) is 3.08. The summed E-state index contributed by atoms with van der Waals surface area (Å²) in [6.45, 7) is 3.73. The van der Waals surface area contributed by atoms with Crippen LogP contribution in [0.1, 0.15) is 6.42 Å². The molecule has 0 saturated heterocycles. The molecule has 19 heavy (non-hydrogen) atoms. The van der Waals surface area contributed by atoms with Gasteiger partial charge in [-0.05, 0) is 30.7 Å². The summed E-state index contributed by atoms with van der Waals surface area (Å²) >= 11 is 0. The van der Waals surface area contributed by atoms with Gasteiger partial charge in [0.15, 0.2) is 5.96 Å². The number of hydrogen-bond acceptors (Lipinski definition) is 4. The van der Waals surface area contributed by atoms with Gasteiger partial charge in [0.25, 0.3) is 0 Å². The van der Waals surface area contributed by atoms with Crippen molar-refractivity contribution in [1.29, 1.82) is 0 Å². The lowest BCUT2D eigenvalue weighted by molar-refractivity contribution is 0.788. The Morgan fingerprint density at radius 2 is 2.11 bits per heavy atom. The molecule has 0 fully saturated rings. The predicted molar refractivity (Wildman–Crippen MR) is 79.7 cm³/mol. The summed E-state index contributed by atoms with van der Waals surface area (Å²) in [6, 6.07) is 8.47. The summed E-state index contributed by atoms with van der Waals surface area (Å²) in [4.78, 5) is 7.49. The molecule has 2 aromatic rings. The largest absolute Gasteiger partial charge is 0.385 e. The quantitative estimate of drug-likeness (QED) is 0.614. The molecule has 1 aliphatic heterocycles. The number of benzene rings is 1. The number of aliphatic imine (C=N–C) groups is 1. The predicted octanol–water partition coefficient (Wildman–Crippen LogP) is 1.52. The molecule has 2 heterocycles. The summed E-state index contributed by atoms with van der Waals surface area (Å²) < 4.78 is 0. The zero-order valence-corrected chi connectivity index (χ0v) is 10.9. The first-order valence-corrected chi connectivity index (χ1v) is 6.75. The first-order valence-electron chi connectivity index (χ1n) is 6.75. The van der Waals surface area contributed by atoms with Crippen LogP contribution in [0.2, 0.25) is 0 Å². The van der Waals surface area contributed by atoms with Crippen LogP contribution in [0, 0.1) is 0 Å². The number of fused-ring (bicyclic) bond motifs is 1. The molecular formula is C14H19N5. The van der Waals surface area contributed by atoms with Gasteiger partial charge in [-0.3, -0.25) is 4.99 Å². The number of rotatable bonds is 5. The number of guanidine groups is 1. The molecular weight excluding hydrogens is 238 g/mol. The fourth-order valence-corrected chi connectivity index (χ4v) is 2.21. The second-order valence-electron chi connectivity index (χ2n) is 4.64. The first kappa shape index (κ1) is 11.9. The number of nitrogens with one attached hydrogen (secondary N) is 4. The van der Waals surface area contributed by atoms with Crippen molar-refractivity contribution in [1.82, 2.24) is 15.6 Å². The molecule has 0 saturated carbocycles. The van der Waals surface area contributed by atoms with Crippen LogP contribution < -0.4 is 16.0 Å². The van der Waals surface area contributed by atoms with E-state index in [1.54, 1.807) is 0 Å². The van der Waals surface area contributed by atoms with E-state index < -0.39 is 0 Å². The molecule has 1 aromatic heterocycles. The monoisotopic (exact) mass is 257 g/mol. The smallest absolute Gasteiger partial charge is 0.191 e. The van der Waals surface area contributed by atoms with Gasteiger partial charge in [0, 0.05) is 42.4 Å². The number of hydrogen-bond donors (Lipinski definition) is 4. The van der Waals surface area contributed by atoms with Crippen molar-refractivity contribution in [2.75, 3.05) is 31.5 Å². The Morgan fingerprint density at radius 1 is 1.16 bits per heavy atom. The minimum atomic E-state index is 0.886. The molecule has 0 amide bonds. The highest BCUT2D eigenvalue weighted by Gasteiger charge is 2.02. The average molecular weight is 257 g/mol. The zero-order chi connectivity index (χ0) is 12.9. The van der Waals surface area contributed by atoms with Gasteiger partial charge in [-0.25, -0.2) is 0 Å². The maximum absolute atomic E-state index is 4.29.